The normalized spacial score (nSPS) is 16.9. The Morgan fingerprint density at radius 2 is 1.93 bits per heavy atom. The molecule has 0 amide bonds. The maximum Gasteiger partial charge on any atom is 0.274 e. The van der Waals surface area contributed by atoms with Crippen LogP contribution in [-0.4, -0.2) is 37.0 Å². The summed E-state index contributed by atoms with van der Waals surface area (Å²) in [5, 5.41) is 6.88. The van der Waals surface area contributed by atoms with Crippen LogP contribution in [0.4, 0.5) is 0 Å². The third-order valence-electron chi connectivity index (χ3n) is 4.75. The molecule has 8 nitrogen and oxygen atoms in total. The van der Waals surface area contributed by atoms with E-state index in [0.717, 1.165) is 0 Å². The summed E-state index contributed by atoms with van der Waals surface area (Å²) in [4.78, 5) is 28.3. The molecule has 0 saturated carbocycles. The van der Waals surface area contributed by atoms with E-state index < -0.39 is 9.84 Å². The van der Waals surface area contributed by atoms with Gasteiger partial charge in [0.1, 0.15) is 18.0 Å². The molecular weight excluding hydrogens is 370 g/mol. The molecule has 0 aliphatic carbocycles. The lowest BCUT2D eigenvalue weighted by Gasteiger charge is -2.24. The second-order valence-corrected chi connectivity index (χ2v) is 8.38. The summed E-state index contributed by atoms with van der Waals surface area (Å²) < 4.78 is 27.1. The number of hydrogen-bond donors (Lipinski definition) is 1. The molecule has 0 atom stereocenters. The second kappa shape index (κ2) is 6.37. The van der Waals surface area contributed by atoms with Crippen molar-refractivity contribution in [3.63, 3.8) is 0 Å². The van der Waals surface area contributed by atoms with Gasteiger partial charge in [-0.1, -0.05) is 5.16 Å². The van der Waals surface area contributed by atoms with Crippen molar-refractivity contribution in [3.05, 3.63) is 43.7 Å². The van der Waals surface area contributed by atoms with Crippen molar-refractivity contribution in [3.8, 4) is 11.1 Å². The summed E-state index contributed by atoms with van der Waals surface area (Å²) in [5.41, 5.74) is 3.22. The summed E-state index contributed by atoms with van der Waals surface area (Å²) in [6.07, 6.45) is -0.208. The van der Waals surface area contributed by atoms with E-state index in [1.807, 2.05) is 0 Å². The predicted octanol–water partition coefficient (Wildman–Crippen LogP) is 1.55. The van der Waals surface area contributed by atoms with E-state index in [9.17, 15) is 18.0 Å². The lowest BCUT2D eigenvalue weighted by atomic mass is 9.91. The van der Waals surface area contributed by atoms with Gasteiger partial charge in [0, 0.05) is 24.7 Å². The van der Waals surface area contributed by atoms with Gasteiger partial charge in [-0.15, -0.1) is 0 Å². The Hall–Kier alpha value is -2.90. The minimum Gasteiger partial charge on any atom is -0.399 e. The average molecular weight is 389 g/mol. The van der Waals surface area contributed by atoms with Gasteiger partial charge in [0.05, 0.1) is 16.2 Å². The van der Waals surface area contributed by atoms with Gasteiger partial charge in [0.15, 0.2) is 0 Å². The molecular formula is C18H19N3O5S. The maximum absolute atomic E-state index is 12.9. The van der Waals surface area contributed by atoms with Gasteiger partial charge in [0.2, 0.25) is 9.84 Å². The highest BCUT2D eigenvalue weighted by Gasteiger charge is 2.37. The van der Waals surface area contributed by atoms with Gasteiger partial charge in [-0.25, -0.2) is 13.2 Å². The highest BCUT2D eigenvalue weighted by atomic mass is 32.2. The van der Waals surface area contributed by atoms with E-state index in [2.05, 4.69) is 10.3 Å². The van der Waals surface area contributed by atoms with Crippen LogP contribution >= 0.6 is 0 Å². The molecule has 0 spiro atoms. The first kappa shape index (κ1) is 18.9. The van der Waals surface area contributed by atoms with Gasteiger partial charge in [0.25, 0.3) is 5.56 Å². The summed E-state index contributed by atoms with van der Waals surface area (Å²) in [6.45, 7) is 5.14. The molecule has 9 heteroatoms. The number of aryl methyl sites for hydroxylation is 3. The summed E-state index contributed by atoms with van der Waals surface area (Å²) in [6, 6.07) is 1.65. The van der Waals surface area contributed by atoms with Crippen molar-refractivity contribution >= 4 is 21.5 Å². The molecule has 0 fully saturated rings. The number of sulfone groups is 1. The molecule has 3 rings (SSSR count). The van der Waals surface area contributed by atoms with E-state index in [-0.39, 0.29) is 21.8 Å². The molecule has 1 aliphatic heterocycles. The molecule has 1 aliphatic rings. The number of rotatable bonds is 2. The van der Waals surface area contributed by atoms with Crippen LogP contribution in [0.15, 0.2) is 25.8 Å². The zero-order valence-electron chi connectivity index (χ0n) is 15.6. The molecule has 0 unspecified atom stereocenters. The molecule has 2 heterocycles. The first-order chi connectivity index (χ1) is 12.6. The van der Waals surface area contributed by atoms with Crippen LogP contribution in [0.25, 0.3) is 11.1 Å². The second-order valence-electron chi connectivity index (χ2n) is 6.47. The Balaban J connectivity index is 2.50. The number of carbonyl (C=O) groups excluding carboxylic acids is 1. The molecule has 27 heavy (non-hydrogen) atoms. The van der Waals surface area contributed by atoms with Gasteiger partial charge >= 0.3 is 0 Å². The summed E-state index contributed by atoms with van der Waals surface area (Å²) in [5.74, 6) is 1.52. The molecule has 142 valence electrons. The Labute approximate surface area is 156 Å². The van der Waals surface area contributed by atoms with Crippen molar-refractivity contribution < 1.29 is 18.0 Å². The summed E-state index contributed by atoms with van der Waals surface area (Å²) >= 11 is 0. The Bertz CT molecular complexity index is 1210. The van der Waals surface area contributed by atoms with Crippen LogP contribution in [-0.2, 0) is 26.5 Å². The zero-order chi connectivity index (χ0) is 20.1. The van der Waals surface area contributed by atoms with E-state index >= 15 is 0 Å². The Kier molecular flexibility index (Phi) is 4.45. The van der Waals surface area contributed by atoms with Crippen molar-refractivity contribution in [1.82, 2.24) is 9.78 Å². The highest BCUT2D eigenvalue weighted by Crippen LogP contribution is 2.39. The first-order valence-electron chi connectivity index (χ1n) is 8.14. The monoisotopic (exact) mass is 389 g/mol. The van der Waals surface area contributed by atoms with Crippen molar-refractivity contribution in [1.29, 1.82) is 0 Å². The minimum absolute atomic E-state index is 0.00848. The Morgan fingerprint density at radius 1 is 1.26 bits per heavy atom. The number of H-pyrrole nitrogens is 1. The van der Waals surface area contributed by atoms with Crippen LogP contribution in [0.3, 0.4) is 0 Å². The number of fused-ring (bicyclic) bond motifs is 1. The number of hydrogen-bond acceptors (Lipinski definition) is 6. The highest BCUT2D eigenvalue weighted by molar-refractivity contribution is 7.95. The fourth-order valence-electron chi connectivity index (χ4n) is 3.59. The number of allylic oxidation sites excluding steroid dienone is 1. The van der Waals surface area contributed by atoms with Crippen molar-refractivity contribution in [2.45, 2.75) is 32.1 Å². The van der Waals surface area contributed by atoms with Gasteiger partial charge in [-0.3, -0.25) is 14.6 Å². The van der Waals surface area contributed by atoms with Crippen LogP contribution < -0.4 is 5.56 Å². The Morgan fingerprint density at radius 3 is 2.44 bits per heavy atom. The molecule has 0 radical (unpaired) electrons. The average Bonchev–Trinajstić information content (AvgIpc) is 2.84. The number of aromatic nitrogens is 2. The predicted molar refractivity (Wildman–Crippen MR) is 100 cm³/mol. The number of aromatic amines is 1. The van der Waals surface area contributed by atoms with Crippen molar-refractivity contribution in [2.24, 2.45) is 12.2 Å². The van der Waals surface area contributed by atoms with Crippen LogP contribution in [0.1, 0.15) is 28.8 Å². The number of oxime groups is 1. The van der Waals surface area contributed by atoms with Gasteiger partial charge in [-0.2, -0.15) is 0 Å². The molecule has 0 bridgehead atoms. The van der Waals surface area contributed by atoms with E-state index in [1.165, 1.54) is 17.7 Å². The van der Waals surface area contributed by atoms with Gasteiger partial charge < -0.3 is 4.84 Å². The topological polar surface area (TPSA) is 111 Å². The molecule has 0 saturated heterocycles. The number of nitrogens with one attached hydrogen (secondary N) is 1. The van der Waals surface area contributed by atoms with Gasteiger partial charge in [-0.05, 0) is 43.5 Å². The summed E-state index contributed by atoms with van der Waals surface area (Å²) in [7, 11) is -1.03. The minimum atomic E-state index is -3.99. The largest absolute Gasteiger partial charge is 0.399 e. The first-order valence-corrected chi connectivity index (χ1v) is 9.63. The standard InChI is InChI=1S/C18H19N3O5S/c1-9-6-13(16-11(3)19-21(4)18(16)23)10(2)15-14(20-26-5)7-12(8-22)27(24,25)17(9)15/h6,19H,7H2,1-5H3. The van der Waals surface area contributed by atoms with E-state index in [0.29, 0.717) is 39.2 Å². The lowest BCUT2D eigenvalue weighted by molar-refractivity contribution is 0.213. The zero-order valence-corrected chi connectivity index (χ0v) is 16.4. The third kappa shape index (κ3) is 2.67. The number of nitrogens with zero attached hydrogens (tertiary/aromatic N) is 2. The molecule has 1 N–H and O–H groups in total. The fraction of sp³-hybridized carbons (Fsp3) is 0.333. The van der Waals surface area contributed by atoms with Crippen molar-refractivity contribution in [2.75, 3.05) is 7.11 Å². The molecule has 1 aromatic carbocycles. The van der Waals surface area contributed by atoms with Crippen LogP contribution in [0.2, 0.25) is 0 Å². The lowest BCUT2D eigenvalue weighted by Crippen LogP contribution is -2.24. The number of benzene rings is 1. The SMILES string of the molecule is CON=C1CC(=C=O)S(=O)(=O)c2c(C)cc(-c3c(C)[nH]n(C)c3=O)c(C)c21. The quantitative estimate of drug-likeness (QED) is 0.619. The fourth-order valence-corrected chi connectivity index (χ4v) is 5.29. The molecule has 1 aromatic heterocycles. The van der Waals surface area contributed by atoms with E-state index in [1.54, 1.807) is 33.9 Å². The third-order valence-corrected chi connectivity index (χ3v) is 6.69. The van der Waals surface area contributed by atoms with Crippen LogP contribution in [0.5, 0.6) is 0 Å². The van der Waals surface area contributed by atoms with Crippen LogP contribution in [0, 0.1) is 20.8 Å². The smallest absolute Gasteiger partial charge is 0.274 e. The maximum atomic E-state index is 12.9. The molecule has 2 aromatic rings. The van der Waals surface area contributed by atoms with E-state index in [4.69, 9.17) is 4.84 Å².